The number of H-pyrrole nitrogens is 1. The Balaban J connectivity index is 1.17. The Morgan fingerprint density at radius 2 is 1.90 bits per heavy atom. The third-order valence-electron chi connectivity index (χ3n) is 7.53. The van der Waals surface area contributed by atoms with Crippen LogP contribution in [0.2, 0.25) is 0 Å². The fraction of sp³-hybridized carbons (Fsp3) is 0.296. The van der Waals surface area contributed by atoms with Gasteiger partial charge in [0, 0.05) is 60.8 Å². The molecular formula is C27H27N5O4S3. The van der Waals surface area contributed by atoms with Gasteiger partial charge in [0.1, 0.15) is 9.22 Å². The van der Waals surface area contributed by atoms with Gasteiger partial charge < -0.3 is 15.2 Å². The number of aromatic hydroxyl groups is 2. The van der Waals surface area contributed by atoms with Gasteiger partial charge in [0.15, 0.2) is 11.8 Å². The van der Waals surface area contributed by atoms with E-state index in [4.69, 9.17) is 0 Å². The van der Waals surface area contributed by atoms with Crippen LogP contribution in [0.15, 0.2) is 52.2 Å². The van der Waals surface area contributed by atoms with E-state index in [-0.39, 0.29) is 11.8 Å². The molecule has 0 atom stereocenters. The predicted molar refractivity (Wildman–Crippen MR) is 153 cm³/mol. The van der Waals surface area contributed by atoms with Crippen molar-refractivity contribution in [1.82, 2.24) is 19.4 Å². The molecule has 202 valence electrons. The van der Waals surface area contributed by atoms with Crippen LogP contribution in [0.1, 0.15) is 28.8 Å². The molecule has 3 N–H and O–H groups in total. The first kappa shape index (κ1) is 24.7. The predicted octanol–water partition coefficient (Wildman–Crippen LogP) is 5.22. The quantitative estimate of drug-likeness (QED) is 0.231. The molecule has 0 bridgehead atoms. The zero-order valence-corrected chi connectivity index (χ0v) is 23.6. The van der Waals surface area contributed by atoms with Crippen molar-refractivity contribution < 1.29 is 18.6 Å². The fourth-order valence-corrected chi connectivity index (χ4v) is 8.87. The smallest absolute Gasteiger partial charge is 0.273 e. The molecular weight excluding hydrogens is 555 g/mol. The third kappa shape index (κ3) is 4.22. The van der Waals surface area contributed by atoms with Crippen molar-refractivity contribution in [2.45, 2.75) is 36.7 Å². The minimum atomic E-state index is -3.67. The van der Waals surface area contributed by atoms with Crippen LogP contribution in [0.25, 0.3) is 21.6 Å². The Morgan fingerprint density at radius 3 is 2.59 bits per heavy atom. The molecule has 12 heteroatoms. The van der Waals surface area contributed by atoms with Crippen molar-refractivity contribution in [3.8, 4) is 22.5 Å². The molecule has 9 nitrogen and oxygen atoms in total. The highest BCUT2D eigenvalue weighted by atomic mass is 32.2. The lowest BCUT2D eigenvalue weighted by molar-refractivity contribution is 0.266. The summed E-state index contributed by atoms with van der Waals surface area (Å²) in [5.41, 5.74) is 3.83. The van der Waals surface area contributed by atoms with E-state index in [0.717, 1.165) is 50.5 Å². The summed E-state index contributed by atoms with van der Waals surface area (Å²) < 4.78 is 30.6. The number of fused-ring (bicyclic) bond motifs is 2. The number of sulfonamides is 1. The average Bonchev–Trinajstić information content (AvgIpc) is 3.44. The first-order chi connectivity index (χ1) is 18.8. The molecule has 1 aromatic carbocycles. The van der Waals surface area contributed by atoms with Gasteiger partial charge in [-0.3, -0.25) is 13.8 Å². The van der Waals surface area contributed by atoms with Crippen LogP contribution in [0.5, 0.6) is 11.8 Å². The van der Waals surface area contributed by atoms with E-state index >= 15 is 0 Å². The number of anilines is 1. The van der Waals surface area contributed by atoms with Crippen LogP contribution in [-0.2, 0) is 36.7 Å². The number of aromatic nitrogens is 3. The summed E-state index contributed by atoms with van der Waals surface area (Å²) in [7, 11) is -2.02. The summed E-state index contributed by atoms with van der Waals surface area (Å²) in [5.74, 6) is 0.605. The van der Waals surface area contributed by atoms with Crippen LogP contribution in [0, 0.1) is 5.92 Å². The van der Waals surface area contributed by atoms with Gasteiger partial charge in [0.25, 0.3) is 10.0 Å². The Hall–Kier alpha value is -3.32. The number of hydrogen-bond donors (Lipinski definition) is 3. The maximum Gasteiger partial charge on any atom is 0.273 e. The number of nitrogens with one attached hydrogen (secondary N) is 1. The summed E-state index contributed by atoms with van der Waals surface area (Å²) in [6.45, 7) is 2.25. The van der Waals surface area contributed by atoms with Gasteiger partial charge in [-0.25, -0.2) is 13.4 Å². The van der Waals surface area contributed by atoms with E-state index in [2.05, 4.69) is 14.9 Å². The number of para-hydroxylation sites is 1. The monoisotopic (exact) mass is 581 g/mol. The minimum absolute atomic E-state index is 0.112. The minimum Gasteiger partial charge on any atom is -0.494 e. The molecule has 4 aromatic heterocycles. The van der Waals surface area contributed by atoms with Gasteiger partial charge in [-0.1, -0.05) is 18.2 Å². The van der Waals surface area contributed by atoms with E-state index in [1.54, 1.807) is 40.2 Å². The Morgan fingerprint density at radius 1 is 1.13 bits per heavy atom. The molecule has 1 aliphatic carbocycles. The lowest BCUT2D eigenvalue weighted by atomic mass is 10.2. The molecule has 7 rings (SSSR count). The third-order valence-corrected chi connectivity index (χ3v) is 11.7. The lowest BCUT2D eigenvalue weighted by Gasteiger charge is -2.24. The van der Waals surface area contributed by atoms with E-state index in [9.17, 15) is 18.6 Å². The van der Waals surface area contributed by atoms with Crippen molar-refractivity contribution in [1.29, 1.82) is 0 Å². The maximum atomic E-state index is 13.6. The van der Waals surface area contributed by atoms with Crippen LogP contribution >= 0.6 is 22.7 Å². The zero-order chi connectivity index (χ0) is 26.9. The molecule has 0 radical (unpaired) electrons. The molecule has 39 heavy (non-hydrogen) atoms. The molecule has 0 saturated heterocycles. The van der Waals surface area contributed by atoms with Gasteiger partial charge in [-0.05, 0) is 42.3 Å². The van der Waals surface area contributed by atoms with Crippen LogP contribution in [0.4, 0.5) is 5.69 Å². The summed E-state index contributed by atoms with van der Waals surface area (Å²) >= 11 is 2.82. The number of thiophene rings is 1. The van der Waals surface area contributed by atoms with Gasteiger partial charge in [0.05, 0.1) is 16.9 Å². The van der Waals surface area contributed by atoms with Gasteiger partial charge in [-0.15, -0.1) is 22.7 Å². The topological polar surface area (TPSA) is 115 Å². The SMILES string of the molecule is Cn1c(O)c2c(c1O)CN(Cc1cnc(-c3cc4cccc(N(CC5CC5)S(=O)(=O)c5cccs5)c4[nH]3)s1)C2. The Labute approximate surface area is 233 Å². The number of nitrogens with zero attached hydrogens (tertiary/aromatic N) is 4. The van der Waals surface area contributed by atoms with E-state index in [1.807, 2.05) is 30.5 Å². The molecule has 5 heterocycles. The Kier molecular flexibility index (Phi) is 5.78. The van der Waals surface area contributed by atoms with Crippen molar-refractivity contribution in [2.75, 3.05) is 10.8 Å². The van der Waals surface area contributed by atoms with Crippen molar-refractivity contribution >= 4 is 49.3 Å². The van der Waals surface area contributed by atoms with Crippen molar-refractivity contribution in [2.24, 2.45) is 13.0 Å². The number of benzene rings is 1. The fourth-order valence-electron chi connectivity index (χ4n) is 5.29. The summed E-state index contributed by atoms with van der Waals surface area (Å²) in [6, 6.07) is 11.2. The van der Waals surface area contributed by atoms with E-state index < -0.39 is 10.0 Å². The molecule has 1 saturated carbocycles. The first-order valence-corrected chi connectivity index (χ1v) is 15.9. The van der Waals surface area contributed by atoms with E-state index in [1.165, 1.54) is 15.9 Å². The summed E-state index contributed by atoms with van der Waals surface area (Å²) in [6.07, 6.45) is 3.95. The number of aromatic amines is 1. The van der Waals surface area contributed by atoms with E-state index in [0.29, 0.717) is 42.0 Å². The first-order valence-electron chi connectivity index (χ1n) is 12.7. The normalized spacial score (nSPS) is 15.8. The van der Waals surface area contributed by atoms with Crippen LogP contribution < -0.4 is 4.31 Å². The molecule has 0 unspecified atom stereocenters. The largest absolute Gasteiger partial charge is 0.494 e. The molecule has 1 fully saturated rings. The molecule has 5 aromatic rings. The molecule has 1 aliphatic heterocycles. The molecule has 2 aliphatic rings. The lowest BCUT2D eigenvalue weighted by Crippen LogP contribution is -2.32. The van der Waals surface area contributed by atoms with Crippen LogP contribution in [0.3, 0.4) is 0 Å². The van der Waals surface area contributed by atoms with Crippen LogP contribution in [-0.4, -0.2) is 44.6 Å². The van der Waals surface area contributed by atoms with Gasteiger partial charge in [-0.2, -0.15) is 0 Å². The van der Waals surface area contributed by atoms with Gasteiger partial charge >= 0.3 is 0 Å². The average molecular weight is 582 g/mol. The van der Waals surface area contributed by atoms with Gasteiger partial charge in [0.2, 0.25) is 0 Å². The second-order valence-electron chi connectivity index (χ2n) is 10.3. The standard InChI is InChI=1S/C27H27N5O4S3/c1-30-26(33)19-14-31(15-20(19)27(30)34)13-18-11-28-25(38-18)21-10-17-4-2-5-22(24(17)29-21)32(12-16-7-8-16)39(35,36)23-6-3-9-37-23/h2-6,9-11,16,29,33-34H,7-8,12-15H2,1H3. The summed E-state index contributed by atoms with van der Waals surface area (Å²) in [5, 5.41) is 24.1. The summed E-state index contributed by atoms with van der Waals surface area (Å²) in [4.78, 5) is 11.4. The number of rotatable bonds is 8. The zero-order valence-electron chi connectivity index (χ0n) is 21.2. The second-order valence-corrected chi connectivity index (χ2v) is 14.4. The number of thiazole rings is 1. The second kappa shape index (κ2) is 9.12. The van der Waals surface area contributed by atoms with Crippen molar-refractivity contribution in [3.05, 3.63) is 64.0 Å². The highest BCUT2D eigenvalue weighted by Crippen LogP contribution is 2.41. The van der Waals surface area contributed by atoms with Crippen molar-refractivity contribution in [3.63, 3.8) is 0 Å². The Bertz CT molecular complexity index is 1770. The maximum absolute atomic E-state index is 13.6. The highest BCUT2D eigenvalue weighted by molar-refractivity contribution is 7.94. The number of hydrogen-bond acceptors (Lipinski definition) is 8. The molecule has 0 spiro atoms. The highest BCUT2D eigenvalue weighted by Gasteiger charge is 2.34. The molecule has 0 amide bonds.